The minimum Gasteiger partial charge on any atom is -0.482 e. The largest absolute Gasteiger partial charge is 0.482 e. The van der Waals surface area contributed by atoms with Gasteiger partial charge in [0.25, 0.3) is 0 Å². The highest BCUT2D eigenvalue weighted by Gasteiger charge is 2.26. The van der Waals surface area contributed by atoms with E-state index in [9.17, 15) is 13.2 Å². The summed E-state index contributed by atoms with van der Waals surface area (Å²) in [5.74, 6) is 0.291. The van der Waals surface area contributed by atoms with Gasteiger partial charge in [0.1, 0.15) is 11.5 Å². The number of hydrogen-bond acceptors (Lipinski definition) is 6. The molecule has 0 saturated carbocycles. The van der Waals surface area contributed by atoms with Crippen molar-refractivity contribution in [2.75, 3.05) is 32.9 Å². The first-order chi connectivity index (χ1) is 13.3. The minimum atomic E-state index is -3.57. The zero-order valence-electron chi connectivity index (χ0n) is 15.9. The van der Waals surface area contributed by atoms with Gasteiger partial charge >= 0.3 is 5.97 Å². The standard InChI is InChI=1S/C20H23NO6S/c1-15-11-16(2)13-18(12-15)26-14-20(22)27-17-3-5-19(6-4-17)28(23,24)21-7-9-25-10-8-21/h3-6,11-13H,7-10,14H2,1-2H3. The fraction of sp³-hybridized carbons (Fsp3) is 0.350. The van der Waals surface area contributed by atoms with Crippen LogP contribution in [0.4, 0.5) is 0 Å². The molecule has 2 aromatic rings. The van der Waals surface area contributed by atoms with Gasteiger partial charge in [-0.25, -0.2) is 13.2 Å². The molecule has 28 heavy (non-hydrogen) atoms. The van der Waals surface area contributed by atoms with Crippen molar-refractivity contribution < 1.29 is 27.4 Å². The van der Waals surface area contributed by atoms with E-state index in [1.54, 1.807) is 0 Å². The molecule has 0 radical (unpaired) electrons. The van der Waals surface area contributed by atoms with Crippen LogP contribution < -0.4 is 9.47 Å². The predicted octanol–water partition coefficient (Wildman–Crippen LogP) is 2.31. The van der Waals surface area contributed by atoms with E-state index in [-0.39, 0.29) is 17.3 Å². The summed E-state index contributed by atoms with van der Waals surface area (Å²) in [5, 5.41) is 0. The molecule has 0 N–H and O–H groups in total. The second-order valence-corrected chi connectivity index (χ2v) is 8.51. The first-order valence-electron chi connectivity index (χ1n) is 8.94. The highest BCUT2D eigenvalue weighted by Crippen LogP contribution is 2.21. The summed E-state index contributed by atoms with van der Waals surface area (Å²) in [7, 11) is -3.57. The van der Waals surface area contributed by atoms with Crippen LogP contribution in [0.25, 0.3) is 0 Å². The van der Waals surface area contributed by atoms with Crippen molar-refractivity contribution >= 4 is 16.0 Å². The van der Waals surface area contributed by atoms with E-state index in [2.05, 4.69) is 0 Å². The van der Waals surface area contributed by atoms with Crippen molar-refractivity contribution in [1.29, 1.82) is 0 Å². The topological polar surface area (TPSA) is 82.1 Å². The van der Waals surface area contributed by atoms with Crippen molar-refractivity contribution in [2.45, 2.75) is 18.7 Å². The number of rotatable bonds is 6. The molecule has 8 heteroatoms. The summed E-state index contributed by atoms with van der Waals surface area (Å²) in [6.07, 6.45) is 0. The molecule has 150 valence electrons. The Hall–Kier alpha value is -2.42. The minimum absolute atomic E-state index is 0.153. The fourth-order valence-electron chi connectivity index (χ4n) is 2.94. The lowest BCUT2D eigenvalue weighted by molar-refractivity contribution is -0.136. The maximum atomic E-state index is 12.6. The van der Waals surface area contributed by atoms with E-state index in [4.69, 9.17) is 14.2 Å². The Morgan fingerprint density at radius 1 is 1.00 bits per heavy atom. The van der Waals surface area contributed by atoms with Crippen LogP contribution in [-0.2, 0) is 19.6 Å². The first-order valence-corrected chi connectivity index (χ1v) is 10.4. The zero-order valence-corrected chi connectivity index (χ0v) is 16.7. The molecule has 0 aromatic heterocycles. The number of morpholine rings is 1. The predicted molar refractivity (Wildman–Crippen MR) is 103 cm³/mol. The first kappa shape index (κ1) is 20.3. The zero-order chi connectivity index (χ0) is 20.1. The van der Waals surface area contributed by atoms with E-state index in [1.807, 2.05) is 32.0 Å². The number of nitrogens with zero attached hydrogens (tertiary/aromatic N) is 1. The summed E-state index contributed by atoms with van der Waals surface area (Å²) in [5.41, 5.74) is 2.08. The molecule has 1 fully saturated rings. The Labute approximate surface area is 164 Å². The van der Waals surface area contributed by atoms with Crippen molar-refractivity contribution in [3.05, 3.63) is 53.6 Å². The molecule has 3 rings (SSSR count). The molecule has 0 unspecified atom stereocenters. The van der Waals surface area contributed by atoms with Crippen LogP contribution in [-0.4, -0.2) is 51.6 Å². The second kappa shape index (κ2) is 8.72. The van der Waals surface area contributed by atoms with Crippen LogP contribution in [0.2, 0.25) is 0 Å². The van der Waals surface area contributed by atoms with E-state index in [0.29, 0.717) is 32.1 Å². The third kappa shape index (κ3) is 5.09. The van der Waals surface area contributed by atoms with Crippen LogP contribution >= 0.6 is 0 Å². The quantitative estimate of drug-likeness (QED) is 0.542. The molecule has 1 aliphatic heterocycles. The molecule has 1 saturated heterocycles. The molecule has 0 bridgehead atoms. The lowest BCUT2D eigenvalue weighted by Crippen LogP contribution is -2.40. The number of aryl methyl sites for hydroxylation is 2. The molecular weight excluding hydrogens is 382 g/mol. The number of carbonyl (C=O) groups excluding carboxylic acids is 1. The van der Waals surface area contributed by atoms with Gasteiger partial charge in [-0.1, -0.05) is 6.07 Å². The normalized spacial score (nSPS) is 15.2. The smallest absolute Gasteiger partial charge is 0.349 e. The molecule has 2 aromatic carbocycles. The number of ether oxygens (including phenoxy) is 3. The van der Waals surface area contributed by atoms with Gasteiger partial charge in [-0.05, 0) is 61.4 Å². The number of hydrogen-bond donors (Lipinski definition) is 0. The third-order valence-corrected chi connectivity index (χ3v) is 6.13. The van der Waals surface area contributed by atoms with Crippen molar-refractivity contribution in [3.63, 3.8) is 0 Å². The van der Waals surface area contributed by atoms with Crippen LogP contribution in [0.1, 0.15) is 11.1 Å². The number of sulfonamides is 1. The monoisotopic (exact) mass is 405 g/mol. The van der Waals surface area contributed by atoms with Crippen LogP contribution in [0, 0.1) is 13.8 Å². The summed E-state index contributed by atoms with van der Waals surface area (Å²) in [6, 6.07) is 11.5. The van der Waals surface area contributed by atoms with Gasteiger partial charge in [-0.15, -0.1) is 0 Å². The Morgan fingerprint density at radius 2 is 1.61 bits per heavy atom. The van der Waals surface area contributed by atoms with Gasteiger partial charge in [-0.3, -0.25) is 0 Å². The van der Waals surface area contributed by atoms with Gasteiger partial charge < -0.3 is 14.2 Å². The third-order valence-electron chi connectivity index (χ3n) is 4.22. The van der Waals surface area contributed by atoms with Crippen LogP contribution in [0.15, 0.2) is 47.4 Å². The SMILES string of the molecule is Cc1cc(C)cc(OCC(=O)Oc2ccc(S(=O)(=O)N3CCOCC3)cc2)c1. The van der Waals surface area contributed by atoms with Crippen molar-refractivity contribution in [1.82, 2.24) is 4.31 Å². The maximum absolute atomic E-state index is 12.6. The Bertz CT molecular complexity index is 913. The van der Waals surface area contributed by atoms with Gasteiger partial charge in [0.2, 0.25) is 10.0 Å². The van der Waals surface area contributed by atoms with Gasteiger partial charge in [0, 0.05) is 13.1 Å². The Morgan fingerprint density at radius 3 is 2.21 bits per heavy atom. The lowest BCUT2D eigenvalue weighted by atomic mass is 10.1. The van der Waals surface area contributed by atoms with Crippen LogP contribution in [0.5, 0.6) is 11.5 Å². The molecule has 0 amide bonds. The average Bonchev–Trinajstić information content (AvgIpc) is 2.67. The van der Waals surface area contributed by atoms with E-state index < -0.39 is 16.0 Å². The van der Waals surface area contributed by atoms with Crippen molar-refractivity contribution in [2.24, 2.45) is 0 Å². The fourth-order valence-corrected chi connectivity index (χ4v) is 4.34. The summed E-state index contributed by atoms with van der Waals surface area (Å²) < 4.78 is 42.4. The summed E-state index contributed by atoms with van der Waals surface area (Å²) >= 11 is 0. The van der Waals surface area contributed by atoms with Gasteiger partial charge in [0.15, 0.2) is 6.61 Å². The van der Waals surface area contributed by atoms with E-state index >= 15 is 0 Å². The van der Waals surface area contributed by atoms with Gasteiger partial charge in [-0.2, -0.15) is 4.31 Å². The number of benzene rings is 2. The Balaban J connectivity index is 1.58. The molecule has 1 aliphatic rings. The Kier molecular flexibility index (Phi) is 6.33. The molecule has 1 heterocycles. The number of esters is 1. The second-order valence-electron chi connectivity index (χ2n) is 6.57. The van der Waals surface area contributed by atoms with Crippen LogP contribution in [0.3, 0.4) is 0 Å². The van der Waals surface area contributed by atoms with E-state index in [0.717, 1.165) is 11.1 Å². The molecule has 0 spiro atoms. The van der Waals surface area contributed by atoms with E-state index in [1.165, 1.54) is 28.6 Å². The molecule has 7 nitrogen and oxygen atoms in total. The molecular formula is C20H23NO6S. The number of carbonyl (C=O) groups is 1. The van der Waals surface area contributed by atoms with Gasteiger partial charge in [0.05, 0.1) is 18.1 Å². The summed E-state index contributed by atoms with van der Waals surface area (Å²) in [4.78, 5) is 12.2. The van der Waals surface area contributed by atoms with Crippen molar-refractivity contribution in [3.8, 4) is 11.5 Å². The average molecular weight is 405 g/mol. The highest BCUT2D eigenvalue weighted by molar-refractivity contribution is 7.89. The highest BCUT2D eigenvalue weighted by atomic mass is 32.2. The molecule has 0 aliphatic carbocycles. The molecule has 0 atom stereocenters. The lowest BCUT2D eigenvalue weighted by Gasteiger charge is -2.26. The maximum Gasteiger partial charge on any atom is 0.349 e. The summed E-state index contributed by atoms with van der Waals surface area (Å²) in [6.45, 7) is 5.08.